The molecule has 2 amide bonds. The molecule has 2 atom stereocenters. The zero-order valence-electron chi connectivity index (χ0n) is 25.7. The maximum Gasteiger partial charge on any atom is 0.284 e. The van der Waals surface area contributed by atoms with Crippen molar-refractivity contribution in [2.45, 2.75) is 45.3 Å². The number of benzene rings is 1. The van der Waals surface area contributed by atoms with Crippen molar-refractivity contribution >= 4 is 45.8 Å². The zero-order valence-corrected chi connectivity index (χ0v) is 26.5. The van der Waals surface area contributed by atoms with Gasteiger partial charge in [0.25, 0.3) is 11.5 Å². The van der Waals surface area contributed by atoms with Gasteiger partial charge in [-0.25, -0.2) is 18.6 Å². The van der Waals surface area contributed by atoms with Gasteiger partial charge in [-0.3, -0.25) is 14.4 Å². The summed E-state index contributed by atoms with van der Waals surface area (Å²) in [5.74, 6) is -1.86. The molecule has 5 heterocycles. The lowest BCUT2D eigenvalue weighted by atomic mass is 9.98. The minimum absolute atomic E-state index is 0.00736. The van der Waals surface area contributed by atoms with E-state index < -0.39 is 34.6 Å². The van der Waals surface area contributed by atoms with E-state index in [2.05, 4.69) is 17.7 Å². The third-order valence-corrected chi connectivity index (χ3v) is 8.72. The van der Waals surface area contributed by atoms with Gasteiger partial charge in [0, 0.05) is 25.0 Å². The molecule has 2 aliphatic rings. The van der Waals surface area contributed by atoms with Crippen LogP contribution in [0.1, 0.15) is 33.3 Å². The van der Waals surface area contributed by atoms with E-state index in [4.69, 9.17) is 16.6 Å². The number of rotatable bonds is 3. The largest absolute Gasteiger partial charge is 0.507 e. The second kappa shape index (κ2) is 10.7. The third-order valence-electron chi connectivity index (χ3n) is 8.43. The SMILES string of the molecule is C=CC(=O)N1C[C@@H]2C(=O)N(C)c3c(c4cc(Cl)c(-c5c(O)cccc5F)nc4n(-c4c(C#N)cnn4C(C)(C)C)c3=O)N2C[C@H]1C. The number of carbonyl (C=O) groups is 2. The molecule has 3 aromatic heterocycles. The highest BCUT2D eigenvalue weighted by Crippen LogP contribution is 2.44. The Morgan fingerprint density at radius 2 is 1.96 bits per heavy atom. The number of nitrogens with zero attached hydrogens (tertiary/aromatic N) is 8. The molecular weight excluding hydrogens is 615 g/mol. The van der Waals surface area contributed by atoms with E-state index >= 15 is 4.39 Å². The summed E-state index contributed by atoms with van der Waals surface area (Å²) in [4.78, 5) is 50.6. The zero-order chi connectivity index (χ0) is 33.4. The van der Waals surface area contributed by atoms with Crippen LogP contribution in [-0.2, 0) is 15.1 Å². The fourth-order valence-electron chi connectivity index (χ4n) is 6.29. The Kier molecular flexibility index (Phi) is 7.16. The molecule has 1 saturated heterocycles. The van der Waals surface area contributed by atoms with Crippen LogP contribution in [0.2, 0.25) is 5.02 Å². The molecule has 0 saturated carbocycles. The number of phenols is 1. The van der Waals surface area contributed by atoms with Gasteiger partial charge in [-0.15, -0.1) is 0 Å². The highest BCUT2D eigenvalue weighted by Gasteiger charge is 2.46. The van der Waals surface area contributed by atoms with E-state index in [-0.39, 0.29) is 64.0 Å². The number of anilines is 2. The fourth-order valence-corrected chi connectivity index (χ4v) is 6.53. The third kappa shape index (κ3) is 4.43. The molecule has 0 unspecified atom stereocenters. The smallest absolute Gasteiger partial charge is 0.284 e. The molecule has 0 radical (unpaired) electrons. The number of piperazine rings is 1. The van der Waals surface area contributed by atoms with Crippen molar-refractivity contribution in [1.29, 1.82) is 5.26 Å². The lowest BCUT2D eigenvalue weighted by molar-refractivity contribution is -0.130. The Bertz CT molecular complexity index is 2070. The number of carbonyl (C=O) groups excluding carboxylic acids is 2. The predicted molar refractivity (Wildman–Crippen MR) is 171 cm³/mol. The lowest BCUT2D eigenvalue weighted by Crippen LogP contribution is -2.66. The summed E-state index contributed by atoms with van der Waals surface area (Å²) in [6, 6.07) is 6.16. The summed E-state index contributed by atoms with van der Waals surface area (Å²) >= 11 is 6.80. The number of amides is 2. The molecule has 0 spiro atoms. The quantitative estimate of drug-likeness (QED) is 0.331. The van der Waals surface area contributed by atoms with Crippen molar-refractivity contribution in [3.8, 4) is 28.9 Å². The van der Waals surface area contributed by atoms with Crippen molar-refractivity contribution in [3.05, 3.63) is 69.9 Å². The first-order valence-electron chi connectivity index (χ1n) is 14.4. The van der Waals surface area contributed by atoms with E-state index in [1.165, 1.54) is 51.7 Å². The Morgan fingerprint density at radius 1 is 1.24 bits per heavy atom. The molecule has 46 heavy (non-hydrogen) atoms. The molecule has 1 N–H and O–H groups in total. The van der Waals surface area contributed by atoms with Crippen LogP contribution < -0.4 is 15.4 Å². The number of nitriles is 1. The second-order valence-corrected chi connectivity index (χ2v) is 12.8. The Hall–Kier alpha value is -5.22. The van der Waals surface area contributed by atoms with Crippen LogP contribution in [0.5, 0.6) is 5.75 Å². The van der Waals surface area contributed by atoms with Gasteiger partial charge >= 0.3 is 0 Å². The van der Waals surface area contributed by atoms with Crippen LogP contribution >= 0.6 is 11.6 Å². The predicted octanol–water partition coefficient (Wildman–Crippen LogP) is 3.94. The Labute approximate surface area is 268 Å². The summed E-state index contributed by atoms with van der Waals surface area (Å²) in [7, 11) is 1.47. The Morgan fingerprint density at radius 3 is 2.59 bits per heavy atom. The number of pyridine rings is 2. The molecule has 6 rings (SSSR count). The maximum atomic E-state index is 15.2. The van der Waals surface area contributed by atoms with Crippen LogP contribution in [0, 0.1) is 17.1 Å². The van der Waals surface area contributed by atoms with E-state index in [1.807, 2.05) is 27.7 Å². The van der Waals surface area contributed by atoms with Crippen LogP contribution in [-0.4, -0.2) is 73.4 Å². The van der Waals surface area contributed by atoms with Crippen LogP contribution in [0.4, 0.5) is 15.8 Å². The summed E-state index contributed by atoms with van der Waals surface area (Å²) in [6.07, 6.45) is 2.53. The van der Waals surface area contributed by atoms with E-state index in [0.717, 1.165) is 6.07 Å². The molecule has 0 aliphatic carbocycles. The van der Waals surface area contributed by atoms with Gasteiger partial charge < -0.3 is 19.8 Å². The number of hydrogen-bond donors (Lipinski definition) is 1. The van der Waals surface area contributed by atoms with Crippen LogP contribution in [0.15, 0.2) is 47.9 Å². The van der Waals surface area contributed by atoms with Crippen LogP contribution in [0.3, 0.4) is 0 Å². The maximum absolute atomic E-state index is 15.2. The standard InChI is InChI=1S/C32H30ClFN8O4/c1-7-23(44)39-15-21-30(45)38(6)27-26(40(21)14-16(39)2)18-11-19(33)25(24-20(34)9-8-10-22(24)43)37-28(18)41(31(27)46)29-17(12-35)13-36-42(29)32(3,4)5/h7-11,13,16,21,43H,1,14-15H2,2-6H3/t16-,21-/m1/s1. The number of likely N-dealkylation sites (N-methyl/N-ethyl adjacent to an activating group) is 1. The van der Waals surface area contributed by atoms with E-state index in [0.29, 0.717) is 11.1 Å². The highest BCUT2D eigenvalue weighted by atomic mass is 35.5. The van der Waals surface area contributed by atoms with Gasteiger partial charge in [-0.05, 0) is 52.0 Å². The molecule has 1 fully saturated rings. The molecular formula is C32H30ClFN8O4. The molecule has 14 heteroatoms. The molecule has 4 aromatic rings. The van der Waals surface area contributed by atoms with Gasteiger partial charge in [0.15, 0.2) is 11.5 Å². The minimum atomic E-state index is -0.847. The highest BCUT2D eigenvalue weighted by molar-refractivity contribution is 6.34. The second-order valence-electron chi connectivity index (χ2n) is 12.3. The average Bonchev–Trinajstić information content (AvgIpc) is 3.44. The number of phenolic OH excluding ortho intramolecular Hbond substituents is 1. The molecule has 2 aliphatic heterocycles. The first-order chi connectivity index (χ1) is 21.7. The molecule has 236 valence electrons. The molecule has 1 aromatic carbocycles. The van der Waals surface area contributed by atoms with Crippen molar-refractivity contribution < 1.29 is 19.1 Å². The number of fused-ring (bicyclic) bond motifs is 5. The van der Waals surface area contributed by atoms with Crippen LogP contribution in [0.25, 0.3) is 28.1 Å². The summed E-state index contributed by atoms with van der Waals surface area (Å²) in [5.41, 5.74) is -1.41. The molecule has 0 bridgehead atoms. The summed E-state index contributed by atoms with van der Waals surface area (Å²) in [5, 5.41) is 25.5. The van der Waals surface area contributed by atoms with E-state index in [1.54, 1.807) is 9.80 Å². The summed E-state index contributed by atoms with van der Waals surface area (Å²) < 4.78 is 17.9. The average molecular weight is 645 g/mol. The first kappa shape index (κ1) is 30.8. The number of halogens is 2. The monoisotopic (exact) mass is 644 g/mol. The minimum Gasteiger partial charge on any atom is -0.507 e. The van der Waals surface area contributed by atoms with Crippen molar-refractivity contribution in [1.82, 2.24) is 24.2 Å². The number of aromatic nitrogens is 4. The van der Waals surface area contributed by atoms with Crippen molar-refractivity contribution in [2.24, 2.45) is 0 Å². The van der Waals surface area contributed by atoms with E-state index in [9.17, 15) is 24.8 Å². The first-order valence-corrected chi connectivity index (χ1v) is 14.8. The van der Waals surface area contributed by atoms with Gasteiger partial charge in [0.05, 0.1) is 40.2 Å². The fraction of sp³-hybridized carbons (Fsp3) is 0.312. The van der Waals surface area contributed by atoms with Gasteiger partial charge in [-0.1, -0.05) is 24.2 Å². The lowest BCUT2D eigenvalue weighted by Gasteiger charge is -2.49. The number of aromatic hydroxyl groups is 1. The van der Waals surface area contributed by atoms with Gasteiger partial charge in [-0.2, -0.15) is 10.4 Å². The van der Waals surface area contributed by atoms with Gasteiger partial charge in [0.2, 0.25) is 5.91 Å². The number of hydrogen-bond acceptors (Lipinski definition) is 8. The topological polar surface area (TPSA) is 141 Å². The normalized spacial score (nSPS) is 18.0. The summed E-state index contributed by atoms with van der Waals surface area (Å²) in [6.45, 7) is 11.2. The van der Waals surface area contributed by atoms with Gasteiger partial charge in [0.1, 0.15) is 34.9 Å². The Balaban J connectivity index is 1.77. The van der Waals surface area contributed by atoms with Crippen molar-refractivity contribution in [2.75, 3.05) is 29.9 Å². The van der Waals surface area contributed by atoms with Crippen molar-refractivity contribution in [3.63, 3.8) is 0 Å². The molecule has 12 nitrogen and oxygen atoms in total.